The van der Waals surface area contributed by atoms with Crippen molar-refractivity contribution in [2.45, 2.75) is 37.9 Å². The molecule has 1 aliphatic rings. The molecule has 3 aromatic rings. The van der Waals surface area contributed by atoms with Gasteiger partial charge in [-0.25, -0.2) is 9.97 Å². The normalized spacial score (nSPS) is 22.9. The number of aliphatic hydroxyl groups excluding tert-OH is 3. The number of aliphatic hydroxyl groups is 3. The molecule has 2 aromatic heterocycles. The molecule has 1 saturated heterocycles. The van der Waals surface area contributed by atoms with Crippen molar-refractivity contribution in [2.24, 2.45) is 0 Å². The zero-order chi connectivity index (χ0) is 22.7. The fourth-order valence-electron chi connectivity index (χ4n) is 3.84. The Balaban J connectivity index is 1.73. The van der Waals surface area contributed by atoms with Crippen molar-refractivity contribution in [1.29, 1.82) is 0 Å². The van der Waals surface area contributed by atoms with E-state index in [4.69, 9.17) is 9.84 Å². The zero-order valence-electron chi connectivity index (χ0n) is 17.7. The average Bonchev–Trinajstić information content (AvgIpc) is 3.32. The summed E-state index contributed by atoms with van der Waals surface area (Å²) < 4.78 is 7.52. The summed E-state index contributed by atoms with van der Waals surface area (Å²) in [6.07, 6.45) is 0.200. The second-order valence-electron chi connectivity index (χ2n) is 7.73. The molecule has 1 amide bonds. The molecular weight excluding hydrogens is 414 g/mol. The van der Waals surface area contributed by atoms with Crippen molar-refractivity contribution >= 4 is 22.8 Å². The largest absolute Gasteiger partial charge is 0.396 e. The molecule has 0 aliphatic carbocycles. The Bertz CT molecular complexity index is 1070. The van der Waals surface area contributed by atoms with Gasteiger partial charge >= 0.3 is 0 Å². The molecule has 10 nitrogen and oxygen atoms in total. The molecule has 0 unspecified atom stereocenters. The van der Waals surface area contributed by atoms with Gasteiger partial charge in [-0.3, -0.25) is 4.79 Å². The number of rotatable bonds is 8. The van der Waals surface area contributed by atoms with Gasteiger partial charge in [-0.2, -0.15) is 0 Å². The van der Waals surface area contributed by atoms with Gasteiger partial charge in [0.05, 0.1) is 18.0 Å². The first kappa shape index (κ1) is 22.2. The highest BCUT2D eigenvalue weighted by Crippen LogP contribution is 2.38. The lowest BCUT2D eigenvalue weighted by Crippen LogP contribution is -2.31. The lowest BCUT2D eigenvalue weighted by molar-refractivity contribution is -0.119. The predicted octanol–water partition coefficient (Wildman–Crippen LogP) is 0.648. The molecule has 5 N–H and O–H groups in total. The van der Waals surface area contributed by atoms with Gasteiger partial charge in [0, 0.05) is 24.9 Å². The summed E-state index contributed by atoms with van der Waals surface area (Å²) in [7, 11) is 0. The second kappa shape index (κ2) is 9.61. The van der Waals surface area contributed by atoms with E-state index in [-0.39, 0.29) is 19.1 Å². The van der Waals surface area contributed by atoms with E-state index in [1.165, 1.54) is 6.33 Å². The summed E-state index contributed by atoms with van der Waals surface area (Å²) in [6, 6.07) is 9.63. The van der Waals surface area contributed by atoms with Crippen LogP contribution < -0.4 is 10.6 Å². The fraction of sp³-hybridized carbons (Fsp3) is 0.409. The Labute approximate surface area is 184 Å². The number of nitrogens with one attached hydrogen (secondary N) is 2. The first-order valence-corrected chi connectivity index (χ1v) is 10.5. The van der Waals surface area contributed by atoms with E-state index in [1.807, 2.05) is 36.5 Å². The fourth-order valence-corrected chi connectivity index (χ4v) is 3.84. The minimum Gasteiger partial charge on any atom is -0.396 e. The maximum Gasteiger partial charge on any atom is 0.239 e. The number of hydrogen-bond donors (Lipinski definition) is 5. The molecule has 1 aliphatic heterocycles. The zero-order valence-corrected chi connectivity index (χ0v) is 17.7. The standard InChI is InChI=1S/C22H27N5O5/c1-13-18(30)19(31)22(32-13)27-11-15(14-6-3-2-4-7-14)17-20(25-12-26-21(17)27)24-10-16(29)23-8-5-9-28/h2-4,6-7,11-13,18-19,22,28,30-31H,5,8-10H2,1H3,(H,23,29)(H,24,25,26)/t13-,18-,19-,22-/m1/s1. The monoisotopic (exact) mass is 441 g/mol. The third-order valence-corrected chi connectivity index (χ3v) is 5.52. The molecular formula is C22H27N5O5. The van der Waals surface area contributed by atoms with Crippen molar-refractivity contribution < 1.29 is 24.9 Å². The van der Waals surface area contributed by atoms with Gasteiger partial charge in [-0.15, -0.1) is 0 Å². The van der Waals surface area contributed by atoms with Crippen LogP contribution in [0.1, 0.15) is 19.6 Å². The Morgan fingerprint density at radius 2 is 1.97 bits per heavy atom. The summed E-state index contributed by atoms with van der Waals surface area (Å²) >= 11 is 0. The van der Waals surface area contributed by atoms with Crippen LogP contribution in [0.15, 0.2) is 42.9 Å². The molecule has 32 heavy (non-hydrogen) atoms. The van der Waals surface area contributed by atoms with Gasteiger partial charge in [-0.05, 0) is 18.9 Å². The van der Waals surface area contributed by atoms with Crippen LogP contribution >= 0.6 is 0 Å². The van der Waals surface area contributed by atoms with Crippen LogP contribution in [0, 0.1) is 0 Å². The van der Waals surface area contributed by atoms with E-state index in [0.29, 0.717) is 29.8 Å². The number of nitrogens with zero attached hydrogens (tertiary/aromatic N) is 3. The molecule has 3 heterocycles. The molecule has 0 spiro atoms. The number of amides is 1. The Morgan fingerprint density at radius 3 is 2.66 bits per heavy atom. The number of fused-ring (bicyclic) bond motifs is 1. The molecule has 0 saturated carbocycles. The first-order chi connectivity index (χ1) is 15.5. The van der Waals surface area contributed by atoms with E-state index < -0.39 is 24.5 Å². The third kappa shape index (κ3) is 4.30. The number of benzene rings is 1. The number of carbonyl (C=O) groups excluding carboxylic acids is 1. The maximum atomic E-state index is 12.1. The van der Waals surface area contributed by atoms with Gasteiger partial charge < -0.3 is 35.3 Å². The SMILES string of the molecule is C[C@H]1O[C@@H](n2cc(-c3ccccc3)c3c(NCC(=O)NCCCO)ncnc32)[C@H](O)[C@@H]1O. The summed E-state index contributed by atoms with van der Waals surface area (Å²) in [6.45, 7) is 2.10. The van der Waals surface area contributed by atoms with Gasteiger partial charge in [0.15, 0.2) is 6.23 Å². The second-order valence-corrected chi connectivity index (χ2v) is 7.73. The number of aromatic nitrogens is 3. The number of anilines is 1. The molecule has 1 fully saturated rings. The summed E-state index contributed by atoms with van der Waals surface area (Å²) in [5.74, 6) is 0.239. The van der Waals surface area contributed by atoms with E-state index in [1.54, 1.807) is 11.5 Å². The van der Waals surface area contributed by atoms with Crippen LogP contribution in [0.2, 0.25) is 0 Å². The van der Waals surface area contributed by atoms with Gasteiger partial charge in [0.1, 0.15) is 30.0 Å². The predicted molar refractivity (Wildman–Crippen MR) is 118 cm³/mol. The van der Waals surface area contributed by atoms with Gasteiger partial charge in [0.25, 0.3) is 0 Å². The van der Waals surface area contributed by atoms with Crippen LogP contribution in [0.25, 0.3) is 22.2 Å². The Hall–Kier alpha value is -3.05. The average molecular weight is 441 g/mol. The van der Waals surface area contributed by atoms with Crippen LogP contribution in [0.3, 0.4) is 0 Å². The topological polar surface area (TPSA) is 142 Å². The Kier molecular flexibility index (Phi) is 6.66. The lowest BCUT2D eigenvalue weighted by atomic mass is 10.1. The smallest absolute Gasteiger partial charge is 0.239 e. The molecule has 0 radical (unpaired) electrons. The third-order valence-electron chi connectivity index (χ3n) is 5.52. The highest BCUT2D eigenvalue weighted by molar-refractivity contribution is 6.02. The lowest BCUT2D eigenvalue weighted by Gasteiger charge is -2.17. The van der Waals surface area contributed by atoms with Crippen LogP contribution in [-0.2, 0) is 9.53 Å². The van der Waals surface area contributed by atoms with Crippen molar-refractivity contribution in [1.82, 2.24) is 19.9 Å². The highest BCUT2D eigenvalue weighted by atomic mass is 16.6. The van der Waals surface area contributed by atoms with Gasteiger partial charge in [-0.1, -0.05) is 30.3 Å². The highest BCUT2D eigenvalue weighted by Gasteiger charge is 2.42. The van der Waals surface area contributed by atoms with E-state index in [9.17, 15) is 15.0 Å². The summed E-state index contributed by atoms with van der Waals surface area (Å²) in [5.41, 5.74) is 2.21. The molecule has 10 heteroatoms. The molecule has 4 atom stereocenters. The summed E-state index contributed by atoms with van der Waals surface area (Å²) in [4.78, 5) is 20.9. The van der Waals surface area contributed by atoms with Crippen LogP contribution in [-0.4, -0.2) is 73.8 Å². The Morgan fingerprint density at radius 1 is 1.19 bits per heavy atom. The van der Waals surface area contributed by atoms with E-state index in [0.717, 1.165) is 11.1 Å². The van der Waals surface area contributed by atoms with E-state index in [2.05, 4.69) is 20.6 Å². The molecule has 0 bridgehead atoms. The van der Waals surface area contributed by atoms with Crippen molar-refractivity contribution in [3.8, 4) is 11.1 Å². The molecule has 1 aromatic carbocycles. The number of ether oxygens (including phenoxy) is 1. The first-order valence-electron chi connectivity index (χ1n) is 10.5. The quantitative estimate of drug-likeness (QED) is 0.321. The maximum absolute atomic E-state index is 12.1. The van der Waals surface area contributed by atoms with E-state index >= 15 is 0 Å². The number of hydrogen-bond acceptors (Lipinski definition) is 8. The summed E-state index contributed by atoms with van der Waals surface area (Å²) in [5, 5.41) is 36.1. The van der Waals surface area contributed by atoms with Crippen LogP contribution in [0.5, 0.6) is 0 Å². The van der Waals surface area contributed by atoms with Crippen molar-refractivity contribution in [2.75, 3.05) is 25.0 Å². The number of carbonyl (C=O) groups is 1. The van der Waals surface area contributed by atoms with Crippen molar-refractivity contribution in [3.05, 3.63) is 42.9 Å². The van der Waals surface area contributed by atoms with Crippen LogP contribution in [0.4, 0.5) is 5.82 Å². The minimum absolute atomic E-state index is 0.00471. The molecule has 170 valence electrons. The van der Waals surface area contributed by atoms with Gasteiger partial charge in [0.2, 0.25) is 5.91 Å². The van der Waals surface area contributed by atoms with Crippen molar-refractivity contribution in [3.63, 3.8) is 0 Å². The minimum atomic E-state index is -1.12. The molecule has 4 rings (SSSR count).